The van der Waals surface area contributed by atoms with E-state index in [1.807, 2.05) is 13.8 Å². The molecule has 0 spiro atoms. The van der Waals surface area contributed by atoms with Gasteiger partial charge in [0.1, 0.15) is 0 Å². The lowest BCUT2D eigenvalue weighted by Crippen LogP contribution is -2.58. The molecule has 0 aromatic rings. The van der Waals surface area contributed by atoms with E-state index in [1.54, 1.807) is 4.90 Å². The summed E-state index contributed by atoms with van der Waals surface area (Å²) in [5.41, 5.74) is -0.200. The normalized spacial score (nSPS) is 27.4. The maximum atomic E-state index is 11.9. The average Bonchev–Trinajstić information content (AvgIpc) is 2.11. The van der Waals surface area contributed by atoms with Crippen LogP contribution in [-0.2, 0) is 9.53 Å². The molecular formula is C12H20N2O4. The van der Waals surface area contributed by atoms with Crippen molar-refractivity contribution in [2.75, 3.05) is 19.7 Å². The zero-order valence-electron chi connectivity index (χ0n) is 10.8. The molecule has 2 fully saturated rings. The summed E-state index contributed by atoms with van der Waals surface area (Å²) in [6.07, 6.45) is 1.60. The molecule has 102 valence electrons. The SMILES string of the molecule is CC1(C)CC(NC(=O)N2CC(C(=O)O)C2)CCO1. The lowest BCUT2D eigenvalue weighted by molar-refractivity contribution is -0.146. The number of nitrogens with zero attached hydrogens (tertiary/aromatic N) is 1. The monoisotopic (exact) mass is 256 g/mol. The van der Waals surface area contributed by atoms with E-state index >= 15 is 0 Å². The second kappa shape index (κ2) is 4.76. The van der Waals surface area contributed by atoms with Crippen molar-refractivity contribution in [3.05, 3.63) is 0 Å². The van der Waals surface area contributed by atoms with Crippen LogP contribution in [0.2, 0.25) is 0 Å². The summed E-state index contributed by atoms with van der Waals surface area (Å²) in [5, 5.41) is 11.7. The van der Waals surface area contributed by atoms with Crippen molar-refractivity contribution in [3.8, 4) is 0 Å². The summed E-state index contributed by atoms with van der Waals surface area (Å²) in [6, 6.07) is -0.0414. The third-order valence-electron chi connectivity index (χ3n) is 3.54. The van der Waals surface area contributed by atoms with Gasteiger partial charge in [-0.2, -0.15) is 0 Å². The van der Waals surface area contributed by atoms with E-state index in [9.17, 15) is 9.59 Å². The Labute approximate surface area is 106 Å². The average molecular weight is 256 g/mol. The molecule has 18 heavy (non-hydrogen) atoms. The Kier molecular flexibility index (Phi) is 3.47. The highest BCUT2D eigenvalue weighted by molar-refractivity contribution is 5.79. The third kappa shape index (κ3) is 2.93. The first kappa shape index (κ1) is 13.1. The van der Waals surface area contributed by atoms with Gasteiger partial charge in [0.05, 0.1) is 11.5 Å². The number of hydrogen-bond acceptors (Lipinski definition) is 3. The number of rotatable bonds is 2. The van der Waals surface area contributed by atoms with Crippen molar-refractivity contribution in [2.45, 2.75) is 38.3 Å². The van der Waals surface area contributed by atoms with E-state index in [1.165, 1.54) is 0 Å². The number of amides is 2. The summed E-state index contributed by atoms with van der Waals surface area (Å²) in [6.45, 7) is 5.29. The highest BCUT2D eigenvalue weighted by Gasteiger charge is 2.37. The number of urea groups is 1. The van der Waals surface area contributed by atoms with Crippen LogP contribution in [0.25, 0.3) is 0 Å². The number of carbonyl (C=O) groups is 2. The van der Waals surface area contributed by atoms with E-state index < -0.39 is 11.9 Å². The first-order valence-electron chi connectivity index (χ1n) is 6.29. The Hall–Kier alpha value is -1.30. The van der Waals surface area contributed by atoms with Crippen LogP contribution in [0, 0.1) is 5.92 Å². The third-order valence-corrected chi connectivity index (χ3v) is 3.54. The fourth-order valence-corrected chi connectivity index (χ4v) is 2.42. The zero-order valence-corrected chi connectivity index (χ0v) is 10.8. The molecule has 6 heteroatoms. The molecule has 2 rings (SSSR count). The number of likely N-dealkylation sites (tertiary alicyclic amines) is 1. The van der Waals surface area contributed by atoms with Crippen LogP contribution in [0.3, 0.4) is 0 Å². The largest absolute Gasteiger partial charge is 0.481 e. The second-order valence-corrected chi connectivity index (χ2v) is 5.69. The molecule has 0 bridgehead atoms. The number of hydrogen-bond donors (Lipinski definition) is 2. The topological polar surface area (TPSA) is 78.9 Å². The molecule has 1 unspecified atom stereocenters. The smallest absolute Gasteiger partial charge is 0.317 e. The van der Waals surface area contributed by atoms with Gasteiger partial charge in [-0.25, -0.2) is 4.79 Å². The standard InChI is InChI=1S/C12H20N2O4/c1-12(2)5-9(3-4-18-12)13-11(17)14-6-8(7-14)10(15)16/h8-9H,3-7H2,1-2H3,(H,13,17)(H,15,16). The molecule has 0 aromatic carbocycles. The van der Waals surface area contributed by atoms with Gasteiger partial charge in [-0.15, -0.1) is 0 Å². The zero-order chi connectivity index (χ0) is 13.3. The van der Waals surface area contributed by atoms with E-state index in [0.29, 0.717) is 19.7 Å². The summed E-state index contributed by atoms with van der Waals surface area (Å²) in [7, 11) is 0. The van der Waals surface area contributed by atoms with Gasteiger partial charge in [-0.3, -0.25) is 4.79 Å². The molecule has 1 atom stereocenters. The lowest BCUT2D eigenvalue weighted by Gasteiger charge is -2.40. The highest BCUT2D eigenvalue weighted by atomic mass is 16.5. The summed E-state index contributed by atoms with van der Waals surface area (Å²) >= 11 is 0. The van der Waals surface area contributed by atoms with Crippen molar-refractivity contribution in [1.29, 1.82) is 0 Å². The number of aliphatic carboxylic acids is 1. The first-order valence-corrected chi connectivity index (χ1v) is 6.29. The minimum atomic E-state index is -0.828. The predicted octanol–water partition coefficient (Wildman–Crippen LogP) is 0.670. The minimum absolute atomic E-state index is 0.116. The van der Waals surface area contributed by atoms with E-state index in [0.717, 1.165) is 12.8 Å². The molecule has 2 heterocycles. The molecule has 2 amide bonds. The van der Waals surface area contributed by atoms with Crippen LogP contribution in [0.1, 0.15) is 26.7 Å². The predicted molar refractivity (Wildman–Crippen MR) is 64.3 cm³/mol. The van der Waals surface area contributed by atoms with Crippen LogP contribution in [0.4, 0.5) is 4.79 Å². The number of carbonyl (C=O) groups excluding carboxylic acids is 1. The molecule has 2 saturated heterocycles. The quantitative estimate of drug-likeness (QED) is 0.761. The Morgan fingerprint density at radius 2 is 2.06 bits per heavy atom. The molecule has 6 nitrogen and oxygen atoms in total. The Bertz CT molecular complexity index is 350. The van der Waals surface area contributed by atoms with Crippen molar-refractivity contribution in [2.24, 2.45) is 5.92 Å². The first-order chi connectivity index (χ1) is 8.37. The maximum absolute atomic E-state index is 11.9. The van der Waals surface area contributed by atoms with Gasteiger partial charge in [0.2, 0.25) is 0 Å². The molecule has 0 radical (unpaired) electrons. The fourth-order valence-electron chi connectivity index (χ4n) is 2.42. The van der Waals surface area contributed by atoms with Crippen LogP contribution >= 0.6 is 0 Å². The summed E-state index contributed by atoms with van der Waals surface area (Å²) in [5.74, 6) is -1.23. The number of carboxylic acids is 1. The van der Waals surface area contributed by atoms with Gasteiger partial charge < -0.3 is 20.1 Å². The van der Waals surface area contributed by atoms with Gasteiger partial charge in [0, 0.05) is 25.7 Å². The van der Waals surface area contributed by atoms with Gasteiger partial charge in [-0.05, 0) is 26.7 Å². The molecule has 2 N–H and O–H groups in total. The summed E-state index contributed by atoms with van der Waals surface area (Å²) in [4.78, 5) is 24.0. The Balaban J connectivity index is 1.77. The Morgan fingerprint density at radius 1 is 1.39 bits per heavy atom. The maximum Gasteiger partial charge on any atom is 0.317 e. The minimum Gasteiger partial charge on any atom is -0.481 e. The van der Waals surface area contributed by atoms with Crippen LogP contribution < -0.4 is 5.32 Å². The van der Waals surface area contributed by atoms with Crippen molar-refractivity contribution in [1.82, 2.24) is 10.2 Å². The van der Waals surface area contributed by atoms with Crippen molar-refractivity contribution >= 4 is 12.0 Å². The van der Waals surface area contributed by atoms with Crippen LogP contribution in [0.15, 0.2) is 0 Å². The van der Waals surface area contributed by atoms with Gasteiger partial charge in [-0.1, -0.05) is 0 Å². The number of nitrogens with one attached hydrogen (secondary N) is 1. The van der Waals surface area contributed by atoms with Crippen LogP contribution in [0.5, 0.6) is 0 Å². The fraction of sp³-hybridized carbons (Fsp3) is 0.833. The molecule has 0 saturated carbocycles. The molecule has 0 aromatic heterocycles. The molecule has 2 aliphatic heterocycles. The number of ether oxygens (including phenoxy) is 1. The van der Waals surface area contributed by atoms with Crippen LogP contribution in [-0.4, -0.2) is 53.3 Å². The van der Waals surface area contributed by atoms with E-state index in [-0.39, 0.29) is 17.7 Å². The number of carboxylic acid groups (broad SMARTS) is 1. The van der Waals surface area contributed by atoms with E-state index in [2.05, 4.69) is 5.32 Å². The lowest BCUT2D eigenvalue weighted by atomic mass is 9.94. The molecular weight excluding hydrogens is 236 g/mol. The molecule has 2 aliphatic rings. The van der Waals surface area contributed by atoms with Gasteiger partial charge in [0.15, 0.2) is 0 Å². The van der Waals surface area contributed by atoms with Gasteiger partial charge in [0.25, 0.3) is 0 Å². The molecule has 0 aliphatic carbocycles. The van der Waals surface area contributed by atoms with Crippen molar-refractivity contribution in [3.63, 3.8) is 0 Å². The van der Waals surface area contributed by atoms with Crippen molar-refractivity contribution < 1.29 is 19.4 Å². The Morgan fingerprint density at radius 3 is 2.61 bits per heavy atom. The van der Waals surface area contributed by atoms with Gasteiger partial charge >= 0.3 is 12.0 Å². The highest BCUT2D eigenvalue weighted by Crippen LogP contribution is 2.24. The van der Waals surface area contributed by atoms with E-state index in [4.69, 9.17) is 9.84 Å². The summed E-state index contributed by atoms with van der Waals surface area (Å²) < 4.78 is 5.58. The second-order valence-electron chi connectivity index (χ2n) is 5.69.